The van der Waals surface area contributed by atoms with Gasteiger partial charge in [0.25, 0.3) is 13.4 Å². The lowest BCUT2D eigenvalue weighted by molar-refractivity contribution is 0.488. The number of hydrogen-bond donors (Lipinski definition) is 0. The van der Waals surface area contributed by atoms with Gasteiger partial charge in [-0.15, -0.1) is 11.3 Å². The average Bonchev–Trinajstić information content (AvgIpc) is 1.52. The zero-order valence-electron chi connectivity index (χ0n) is 51.6. The van der Waals surface area contributed by atoms with E-state index in [0.29, 0.717) is 0 Å². The first-order valence-corrected chi connectivity index (χ1v) is 33.4. The Bertz CT molecular complexity index is 5300. The fraction of sp³-hybridized carbons (Fsp3) is 0. The van der Waals surface area contributed by atoms with Gasteiger partial charge in [-0.25, -0.2) is 0 Å². The third-order valence-electron chi connectivity index (χ3n) is 19.4. The Hall–Kier alpha value is -12.0. The molecular weight excluding hydrogens is 1170 g/mol. The van der Waals surface area contributed by atoms with Gasteiger partial charge in [0, 0.05) is 101 Å². The van der Waals surface area contributed by atoms with Gasteiger partial charge in [0.2, 0.25) is 0 Å². The van der Waals surface area contributed by atoms with Gasteiger partial charge in [-0.3, -0.25) is 0 Å². The number of thiophene rings is 1. The summed E-state index contributed by atoms with van der Waals surface area (Å²) in [6.07, 6.45) is 0. The Morgan fingerprint density at radius 2 is 0.737 bits per heavy atom. The van der Waals surface area contributed by atoms with Crippen molar-refractivity contribution in [2.75, 3.05) is 24.5 Å². The minimum Gasteiger partial charge on any atom is -0.458 e. The largest absolute Gasteiger partial charge is 0.458 e. The van der Waals surface area contributed by atoms with E-state index in [-0.39, 0.29) is 13.4 Å². The Morgan fingerprint density at radius 1 is 0.284 bits per heavy atom. The van der Waals surface area contributed by atoms with Crippen LogP contribution in [0.4, 0.5) is 85.3 Å². The van der Waals surface area contributed by atoms with Crippen LogP contribution in [0.2, 0.25) is 0 Å². The fourth-order valence-electron chi connectivity index (χ4n) is 15.5. The van der Waals surface area contributed by atoms with Crippen molar-refractivity contribution in [1.29, 1.82) is 0 Å². The summed E-state index contributed by atoms with van der Waals surface area (Å²) < 4.78 is 10.5. The number of fused-ring (bicyclic) bond motifs is 10. The molecule has 4 aliphatic heterocycles. The van der Waals surface area contributed by atoms with E-state index in [0.717, 1.165) is 124 Å². The lowest BCUT2D eigenvalue weighted by Crippen LogP contribution is -2.64. The second-order valence-corrected chi connectivity index (χ2v) is 25.8. The number of para-hydroxylation sites is 8. The molecule has 5 heterocycles. The molecule has 6 nitrogen and oxygen atoms in total. The maximum absolute atomic E-state index is 7.96. The van der Waals surface area contributed by atoms with Gasteiger partial charge in [-0.2, -0.15) is 0 Å². The van der Waals surface area contributed by atoms with Crippen molar-refractivity contribution in [3.05, 3.63) is 346 Å². The second-order valence-electron chi connectivity index (χ2n) is 24.7. The molecule has 0 amide bonds. The molecule has 444 valence electrons. The molecule has 4 aliphatic rings. The first kappa shape index (κ1) is 54.7. The van der Waals surface area contributed by atoms with Crippen molar-refractivity contribution in [3.63, 3.8) is 0 Å². The van der Waals surface area contributed by atoms with Crippen molar-refractivity contribution in [2.45, 2.75) is 0 Å². The van der Waals surface area contributed by atoms with Crippen LogP contribution in [-0.2, 0) is 0 Å². The average molecular weight is 1230 g/mol. The maximum atomic E-state index is 7.96. The molecule has 15 aromatic rings. The van der Waals surface area contributed by atoms with Crippen molar-refractivity contribution >= 4 is 152 Å². The summed E-state index contributed by atoms with van der Waals surface area (Å²) >= 11 is 1.91. The van der Waals surface area contributed by atoms with Crippen LogP contribution in [0.1, 0.15) is 0 Å². The minimum atomic E-state index is -0.229. The number of anilines is 15. The lowest BCUT2D eigenvalue weighted by atomic mass is 9.31. The predicted octanol–water partition coefficient (Wildman–Crippen LogP) is 19.7. The molecule has 0 N–H and O–H groups in total. The van der Waals surface area contributed by atoms with Crippen LogP contribution >= 0.6 is 11.3 Å². The van der Waals surface area contributed by atoms with Gasteiger partial charge in [0.05, 0.1) is 22.7 Å². The van der Waals surface area contributed by atoms with Crippen molar-refractivity contribution in [1.82, 2.24) is 0 Å². The monoisotopic (exact) mass is 1230 g/mol. The van der Waals surface area contributed by atoms with Crippen molar-refractivity contribution < 1.29 is 4.74 Å². The summed E-state index contributed by atoms with van der Waals surface area (Å²) in [5.74, 6) is 1.64. The summed E-state index contributed by atoms with van der Waals surface area (Å²) in [7, 11) is 0. The van der Waals surface area contributed by atoms with Crippen LogP contribution in [0.5, 0.6) is 11.5 Å². The molecule has 0 spiro atoms. The summed E-state index contributed by atoms with van der Waals surface area (Å²) in [4.78, 5) is 12.5. The van der Waals surface area contributed by atoms with Crippen LogP contribution in [-0.4, -0.2) is 13.4 Å². The number of benzene rings is 14. The zero-order valence-corrected chi connectivity index (χ0v) is 52.4. The Labute approximate surface area is 557 Å². The van der Waals surface area contributed by atoms with Crippen LogP contribution in [0.15, 0.2) is 346 Å². The number of rotatable bonds is 11. The van der Waals surface area contributed by atoms with Crippen LogP contribution in [0.3, 0.4) is 0 Å². The van der Waals surface area contributed by atoms with E-state index in [9.17, 15) is 0 Å². The molecule has 0 saturated heterocycles. The van der Waals surface area contributed by atoms with Crippen molar-refractivity contribution in [2.24, 2.45) is 0 Å². The molecule has 0 saturated carbocycles. The SMILES string of the molecule is c1ccc(-c2cccc(-c3ccccc3)c2N2c3cc4c(cc3B3c5ccccc5N(c5ccccc5)c5cc(N(c6ccccc6)c6ccccc6)cc2c53)B2c3sc5ccccc5c3N(c3ccccc3)c3cc(N(c5ccccc5)c5ccccc5)cc(c32)O4)cc1. The second kappa shape index (κ2) is 22.4. The molecule has 0 radical (unpaired) electrons. The topological polar surface area (TPSA) is 25.4 Å². The van der Waals surface area contributed by atoms with E-state index in [1.165, 1.54) is 36.9 Å². The zero-order chi connectivity index (χ0) is 62.5. The van der Waals surface area contributed by atoms with E-state index in [4.69, 9.17) is 4.74 Å². The third-order valence-corrected chi connectivity index (χ3v) is 20.6. The maximum Gasteiger partial charge on any atom is 0.268 e. The summed E-state index contributed by atoms with van der Waals surface area (Å²) in [6.45, 7) is -0.442. The number of hydrogen-bond acceptors (Lipinski definition) is 7. The van der Waals surface area contributed by atoms with E-state index >= 15 is 0 Å². The molecule has 0 atom stereocenters. The van der Waals surface area contributed by atoms with Gasteiger partial charge < -0.3 is 29.2 Å². The Kier molecular flexibility index (Phi) is 12.9. The quantitative estimate of drug-likeness (QED) is 0.120. The highest BCUT2D eigenvalue weighted by atomic mass is 32.1. The third kappa shape index (κ3) is 8.81. The summed E-state index contributed by atoms with van der Waals surface area (Å²) in [5, 5.41) is 1.22. The van der Waals surface area contributed by atoms with Gasteiger partial charge in [0.1, 0.15) is 11.5 Å². The van der Waals surface area contributed by atoms with Crippen molar-refractivity contribution in [3.8, 4) is 33.8 Å². The van der Waals surface area contributed by atoms with Crippen LogP contribution in [0, 0.1) is 0 Å². The highest BCUT2D eigenvalue weighted by molar-refractivity contribution is 7.33. The molecule has 0 unspecified atom stereocenters. The minimum absolute atomic E-state index is 0.213. The highest BCUT2D eigenvalue weighted by Gasteiger charge is 2.49. The van der Waals surface area contributed by atoms with Crippen LogP contribution < -0.4 is 61.3 Å². The highest BCUT2D eigenvalue weighted by Crippen LogP contribution is 2.55. The molecule has 19 rings (SSSR count). The van der Waals surface area contributed by atoms with E-state index in [1.54, 1.807) is 0 Å². The number of ether oxygens (including phenoxy) is 1. The molecular formula is C86H57B2N5OS. The van der Waals surface area contributed by atoms with Crippen LogP contribution in [0.25, 0.3) is 32.3 Å². The van der Waals surface area contributed by atoms with Gasteiger partial charge >= 0.3 is 0 Å². The standard InChI is InChI=1S/C86H57B2N5OS/c1-9-30-58(31-10-1)68-47-29-48-69(59-32-11-2-12-33-59)84(68)93-75-57-79-73(56-72(75)87-71-49-26-27-50-74(71)91(64-42-21-7-22-43-64)76-52-66(53-77(93)82(76)87)89(60-34-13-3-14-35-60)61-36-15-4-16-37-61)88-83-78(92(65-44-23-8-24-45-65)85-70-46-25-28-51-81(70)95-86(85)88)54-67(55-80(83)94-79)90(62-38-17-5-18-39-62)63-40-19-6-20-41-63/h1-57H. The fourth-order valence-corrected chi connectivity index (χ4v) is 16.8. The van der Waals surface area contributed by atoms with Gasteiger partial charge in [0.15, 0.2) is 0 Å². The normalized spacial score (nSPS) is 12.8. The molecule has 1 aromatic heterocycles. The van der Waals surface area contributed by atoms with E-state index in [2.05, 4.69) is 370 Å². The summed E-state index contributed by atoms with van der Waals surface area (Å²) in [6, 6.07) is 127. The molecule has 95 heavy (non-hydrogen) atoms. The van der Waals surface area contributed by atoms with E-state index < -0.39 is 0 Å². The first-order valence-electron chi connectivity index (χ1n) is 32.6. The Morgan fingerprint density at radius 3 is 1.29 bits per heavy atom. The molecule has 0 aliphatic carbocycles. The lowest BCUT2D eigenvalue weighted by Gasteiger charge is -2.46. The molecule has 0 bridgehead atoms. The smallest absolute Gasteiger partial charge is 0.268 e. The van der Waals surface area contributed by atoms with E-state index in [1.807, 2.05) is 11.3 Å². The molecule has 14 aromatic carbocycles. The molecule has 0 fully saturated rings. The summed E-state index contributed by atoms with van der Waals surface area (Å²) in [5.41, 5.74) is 26.5. The number of nitrogens with zero attached hydrogens (tertiary/aromatic N) is 5. The predicted molar refractivity (Wildman–Crippen MR) is 402 cm³/mol. The first-order chi connectivity index (χ1) is 47.2. The van der Waals surface area contributed by atoms with Gasteiger partial charge in [-0.1, -0.05) is 231 Å². The van der Waals surface area contributed by atoms with Gasteiger partial charge in [-0.05, 0) is 142 Å². The molecule has 9 heteroatoms. The Balaban J connectivity index is 0.952.